The summed E-state index contributed by atoms with van der Waals surface area (Å²) in [6, 6.07) is 0. The lowest BCUT2D eigenvalue weighted by atomic mass is 10.1. The molecule has 0 radical (unpaired) electrons. The van der Waals surface area contributed by atoms with Crippen molar-refractivity contribution in [2.75, 3.05) is 52.9 Å². The minimum Gasteiger partial charge on any atom is -0.364 e. The molecule has 0 aliphatic heterocycles. The molecule has 0 aliphatic carbocycles. The van der Waals surface area contributed by atoms with Gasteiger partial charge in [0.25, 0.3) is 11.8 Å². The summed E-state index contributed by atoms with van der Waals surface area (Å²) >= 11 is 8.10. The predicted octanol–water partition coefficient (Wildman–Crippen LogP) is -0.207. The fourth-order valence-corrected chi connectivity index (χ4v) is 1.66. The molecule has 0 saturated carbocycles. The van der Waals surface area contributed by atoms with E-state index in [2.05, 4.69) is 25.3 Å². The largest absolute Gasteiger partial charge is 0.364 e. The van der Waals surface area contributed by atoms with Gasteiger partial charge in [0.1, 0.15) is 0 Å². The lowest BCUT2D eigenvalue weighted by Crippen LogP contribution is -2.51. The van der Waals surface area contributed by atoms with E-state index in [1.165, 1.54) is 9.80 Å². The van der Waals surface area contributed by atoms with E-state index < -0.39 is 12.2 Å². The van der Waals surface area contributed by atoms with Crippen LogP contribution in [0.3, 0.4) is 0 Å². The topological polar surface area (TPSA) is 59.1 Å². The fraction of sp³-hybridized carbons (Fsp3) is 0.833. The monoisotopic (exact) mass is 324 g/mol. The van der Waals surface area contributed by atoms with Gasteiger partial charge in [0.05, 0.1) is 13.2 Å². The van der Waals surface area contributed by atoms with Crippen LogP contribution in [-0.2, 0) is 19.1 Å². The molecule has 20 heavy (non-hydrogen) atoms. The number of carbonyl (C=O) groups excluding carboxylic acids is 2. The summed E-state index contributed by atoms with van der Waals surface area (Å²) in [4.78, 5) is 27.1. The second-order valence-corrected chi connectivity index (χ2v) is 5.39. The van der Waals surface area contributed by atoms with Gasteiger partial charge in [-0.3, -0.25) is 9.59 Å². The minimum atomic E-state index is -0.980. The molecule has 0 N–H and O–H groups in total. The Morgan fingerprint density at radius 3 is 1.35 bits per heavy atom. The van der Waals surface area contributed by atoms with E-state index in [9.17, 15) is 9.59 Å². The second-order valence-electron chi connectivity index (χ2n) is 4.50. The molecular formula is C12H24N2O4S2. The number of hydrogen-bond donors (Lipinski definition) is 2. The first-order valence-electron chi connectivity index (χ1n) is 6.24. The molecule has 0 aliphatic rings. The number of hydrogen-bond acceptors (Lipinski definition) is 6. The summed E-state index contributed by atoms with van der Waals surface area (Å²) in [5.41, 5.74) is 0. The van der Waals surface area contributed by atoms with Gasteiger partial charge in [-0.05, 0) is 0 Å². The molecule has 8 heteroatoms. The summed E-state index contributed by atoms with van der Waals surface area (Å²) in [5, 5.41) is 0. The SMILES string of the molecule is CN(C)C(=O)C(OCCS)C(OCCS)C(=O)N(C)C. The van der Waals surface area contributed by atoms with Gasteiger partial charge in [-0.15, -0.1) is 0 Å². The maximum atomic E-state index is 12.2. The maximum Gasteiger partial charge on any atom is 0.254 e. The molecule has 0 heterocycles. The van der Waals surface area contributed by atoms with Crippen LogP contribution in [0.25, 0.3) is 0 Å². The Hall–Kier alpha value is -0.440. The van der Waals surface area contributed by atoms with E-state index in [4.69, 9.17) is 9.47 Å². The smallest absolute Gasteiger partial charge is 0.254 e. The van der Waals surface area contributed by atoms with Gasteiger partial charge >= 0.3 is 0 Å². The fourth-order valence-electron chi connectivity index (χ4n) is 1.44. The number of amides is 2. The average molecular weight is 324 g/mol. The van der Waals surface area contributed by atoms with E-state index in [1.807, 2.05) is 0 Å². The van der Waals surface area contributed by atoms with E-state index in [1.54, 1.807) is 28.2 Å². The first-order valence-corrected chi connectivity index (χ1v) is 7.50. The minimum absolute atomic E-state index is 0.259. The van der Waals surface area contributed by atoms with Gasteiger partial charge in [0.2, 0.25) is 0 Å². The highest BCUT2D eigenvalue weighted by molar-refractivity contribution is 7.80. The third-order valence-corrected chi connectivity index (χ3v) is 2.79. The van der Waals surface area contributed by atoms with E-state index in [0.717, 1.165) is 0 Å². The van der Waals surface area contributed by atoms with Crippen LogP contribution in [0.1, 0.15) is 0 Å². The molecule has 0 bridgehead atoms. The number of ether oxygens (including phenoxy) is 2. The van der Waals surface area contributed by atoms with E-state index in [-0.39, 0.29) is 25.0 Å². The van der Waals surface area contributed by atoms with Crippen molar-refractivity contribution in [2.45, 2.75) is 12.2 Å². The van der Waals surface area contributed by atoms with Crippen LogP contribution in [0.5, 0.6) is 0 Å². The Balaban J connectivity index is 5.15. The molecule has 0 spiro atoms. The van der Waals surface area contributed by atoms with Gasteiger partial charge in [-0.1, -0.05) is 0 Å². The lowest BCUT2D eigenvalue weighted by molar-refractivity contribution is -0.164. The van der Waals surface area contributed by atoms with Crippen molar-refractivity contribution in [1.82, 2.24) is 9.80 Å². The van der Waals surface area contributed by atoms with Gasteiger partial charge in [0.15, 0.2) is 12.2 Å². The third-order valence-electron chi connectivity index (χ3n) is 2.42. The molecule has 0 aromatic carbocycles. The molecule has 0 fully saturated rings. The first-order chi connectivity index (χ1) is 9.36. The molecule has 0 aromatic rings. The number of thiol groups is 2. The Morgan fingerprint density at radius 2 is 1.15 bits per heavy atom. The first kappa shape index (κ1) is 19.6. The molecule has 118 valence electrons. The second kappa shape index (κ2) is 10.3. The zero-order chi connectivity index (χ0) is 15.7. The Kier molecular flexibility index (Phi) is 10.1. The zero-order valence-corrected chi connectivity index (χ0v) is 14.2. The molecule has 2 atom stereocenters. The Morgan fingerprint density at radius 1 is 0.850 bits per heavy atom. The highest BCUT2D eigenvalue weighted by Crippen LogP contribution is 2.11. The molecule has 2 unspecified atom stereocenters. The summed E-state index contributed by atoms with van der Waals surface area (Å²) in [5.74, 6) is 0.275. The van der Waals surface area contributed by atoms with Crippen molar-refractivity contribution in [1.29, 1.82) is 0 Å². The number of likely N-dealkylation sites (N-methyl/N-ethyl adjacent to an activating group) is 2. The zero-order valence-electron chi connectivity index (χ0n) is 12.4. The maximum absolute atomic E-state index is 12.2. The predicted molar refractivity (Wildman–Crippen MR) is 84.6 cm³/mol. The van der Waals surface area contributed by atoms with E-state index >= 15 is 0 Å². The standard InChI is InChI=1S/C12H24N2O4S2/c1-13(2)11(15)9(17-5-7-19)10(18-6-8-20)12(16)14(3)4/h9-10,19-20H,5-8H2,1-4H3. The van der Waals surface area contributed by atoms with E-state index in [0.29, 0.717) is 11.5 Å². The van der Waals surface area contributed by atoms with Crippen LogP contribution in [0.4, 0.5) is 0 Å². The van der Waals surface area contributed by atoms with Gasteiger partial charge in [-0.2, -0.15) is 25.3 Å². The van der Waals surface area contributed by atoms with Crippen LogP contribution in [0.2, 0.25) is 0 Å². The summed E-state index contributed by atoms with van der Waals surface area (Å²) in [6.07, 6.45) is -1.96. The van der Waals surface area contributed by atoms with Crippen molar-refractivity contribution in [3.63, 3.8) is 0 Å². The highest BCUT2D eigenvalue weighted by atomic mass is 32.1. The van der Waals surface area contributed by atoms with Crippen molar-refractivity contribution in [3.8, 4) is 0 Å². The molecular weight excluding hydrogens is 300 g/mol. The molecule has 2 amide bonds. The van der Waals surface area contributed by atoms with Crippen molar-refractivity contribution in [2.24, 2.45) is 0 Å². The molecule has 0 saturated heterocycles. The van der Waals surface area contributed by atoms with Crippen LogP contribution in [0.15, 0.2) is 0 Å². The molecule has 0 aromatic heterocycles. The summed E-state index contributed by atoms with van der Waals surface area (Å²) in [7, 11) is 6.43. The van der Waals surface area contributed by atoms with Crippen molar-refractivity contribution >= 4 is 37.1 Å². The van der Waals surface area contributed by atoms with Crippen LogP contribution in [0, 0.1) is 0 Å². The van der Waals surface area contributed by atoms with Gasteiger partial charge in [-0.25, -0.2) is 0 Å². The van der Waals surface area contributed by atoms with Crippen molar-refractivity contribution < 1.29 is 19.1 Å². The highest BCUT2D eigenvalue weighted by Gasteiger charge is 2.37. The number of rotatable bonds is 9. The van der Waals surface area contributed by atoms with Gasteiger partial charge < -0.3 is 19.3 Å². The quantitative estimate of drug-likeness (QED) is 0.577. The number of carbonyl (C=O) groups is 2. The third kappa shape index (κ3) is 6.34. The summed E-state index contributed by atoms with van der Waals surface area (Å²) in [6.45, 7) is 0.517. The van der Waals surface area contributed by atoms with Crippen LogP contribution >= 0.6 is 25.3 Å². The average Bonchev–Trinajstić information content (AvgIpc) is 2.40. The molecule has 0 rings (SSSR count). The Labute approximate surface area is 131 Å². The number of nitrogens with zero attached hydrogens (tertiary/aromatic N) is 2. The molecule has 6 nitrogen and oxygen atoms in total. The Bertz CT molecular complexity index is 284. The lowest BCUT2D eigenvalue weighted by Gasteiger charge is -2.29. The van der Waals surface area contributed by atoms with Gasteiger partial charge in [0, 0.05) is 39.7 Å². The summed E-state index contributed by atoms with van der Waals surface area (Å²) < 4.78 is 11.0. The van der Waals surface area contributed by atoms with Crippen LogP contribution < -0.4 is 0 Å². The van der Waals surface area contributed by atoms with Crippen LogP contribution in [-0.4, -0.2) is 86.7 Å². The van der Waals surface area contributed by atoms with Crippen molar-refractivity contribution in [3.05, 3.63) is 0 Å². The normalized spacial score (nSPS) is 13.7.